The molecule has 3 rings (SSSR count). The lowest BCUT2D eigenvalue weighted by molar-refractivity contribution is -0.121. The van der Waals surface area contributed by atoms with Gasteiger partial charge in [-0.15, -0.1) is 0 Å². The number of nitrogens with zero attached hydrogens (tertiary/aromatic N) is 1. The minimum atomic E-state index is -0.422. The predicted octanol–water partition coefficient (Wildman–Crippen LogP) is 4.05. The first-order chi connectivity index (χ1) is 11.9. The average molecular weight is 469 g/mol. The molecular formula is C18H14ClIN2O3. The van der Waals surface area contributed by atoms with E-state index >= 15 is 0 Å². The van der Waals surface area contributed by atoms with E-state index in [1.807, 2.05) is 42.5 Å². The number of hydrogen-bond donors (Lipinski definition) is 1. The fourth-order valence-electron chi connectivity index (χ4n) is 2.26. The van der Waals surface area contributed by atoms with Gasteiger partial charge in [0.15, 0.2) is 0 Å². The molecule has 2 aromatic carbocycles. The van der Waals surface area contributed by atoms with E-state index in [0.717, 1.165) is 25.3 Å². The van der Waals surface area contributed by atoms with Gasteiger partial charge in [-0.1, -0.05) is 29.8 Å². The second-order valence-corrected chi connectivity index (χ2v) is 7.06. The number of nitrogens with one attached hydrogen (secondary N) is 1. The lowest BCUT2D eigenvalue weighted by Crippen LogP contribution is -2.25. The van der Waals surface area contributed by atoms with Crippen LogP contribution in [0.3, 0.4) is 0 Å². The molecule has 0 spiro atoms. The SMILES string of the molecule is CN1C(=O)N/C(=C/c2ccc(OCc3ccc(Cl)cc3)c(I)c2)C1=O. The van der Waals surface area contributed by atoms with Gasteiger partial charge in [0.1, 0.15) is 18.1 Å². The summed E-state index contributed by atoms with van der Waals surface area (Å²) in [5, 5.41) is 3.23. The fraction of sp³-hybridized carbons (Fsp3) is 0.111. The molecule has 5 nitrogen and oxygen atoms in total. The zero-order valence-corrected chi connectivity index (χ0v) is 16.2. The van der Waals surface area contributed by atoms with E-state index in [0.29, 0.717) is 11.6 Å². The third kappa shape index (κ3) is 4.13. The van der Waals surface area contributed by atoms with E-state index in [2.05, 4.69) is 27.9 Å². The Kier molecular flexibility index (Phi) is 5.29. The fourth-order valence-corrected chi connectivity index (χ4v) is 3.08. The summed E-state index contributed by atoms with van der Waals surface area (Å²) >= 11 is 8.04. The molecule has 128 valence electrons. The van der Waals surface area contributed by atoms with Crippen LogP contribution < -0.4 is 10.1 Å². The lowest BCUT2D eigenvalue weighted by atomic mass is 10.2. The van der Waals surface area contributed by atoms with Crippen molar-refractivity contribution < 1.29 is 14.3 Å². The molecule has 2 aromatic rings. The van der Waals surface area contributed by atoms with E-state index < -0.39 is 6.03 Å². The van der Waals surface area contributed by atoms with Crippen molar-refractivity contribution in [2.75, 3.05) is 7.05 Å². The van der Waals surface area contributed by atoms with Gasteiger partial charge in [-0.05, 0) is 64.1 Å². The van der Waals surface area contributed by atoms with Gasteiger partial charge in [-0.25, -0.2) is 4.79 Å². The molecule has 0 aromatic heterocycles. The van der Waals surface area contributed by atoms with E-state index in [-0.39, 0.29) is 11.6 Å². The second-order valence-electron chi connectivity index (χ2n) is 5.46. The molecule has 0 radical (unpaired) electrons. The van der Waals surface area contributed by atoms with Crippen molar-refractivity contribution in [1.82, 2.24) is 10.2 Å². The summed E-state index contributed by atoms with van der Waals surface area (Å²) in [4.78, 5) is 24.4. The van der Waals surface area contributed by atoms with Crippen molar-refractivity contribution in [3.63, 3.8) is 0 Å². The van der Waals surface area contributed by atoms with Crippen molar-refractivity contribution in [3.05, 3.63) is 67.9 Å². The number of halogens is 2. The van der Waals surface area contributed by atoms with Crippen molar-refractivity contribution in [3.8, 4) is 5.75 Å². The molecule has 1 saturated heterocycles. The molecule has 0 unspecified atom stereocenters. The van der Waals surface area contributed by atoms with Crippen molar-refractivity contribution >= 4 is 52.2 Å². The highest BCUT2D eigenvalue weighted by Gasteiger charge is 2.29. The Morgan fingerprint density at radius 1 is 1.20 bits per heavy atom. The van der Waals surface area contributed by atoms with Gasteiger partial charge in [-0.3, -0.25) is 9.69 Å². The number of imide groups is 1. The average Bonchev–Trinajstić information content (AvgIpc) is 2.83. The lowest BCUT2D eigenvalue weighted by Gasteiger charge is -2.09. The minimum Gasteiger partial charge on any atom is -0.488 e. The summed E-state index contributed by atoms with van der Waals surface area (Å²) in [5.74, 6) is 0.402. The zero-order valence-electron chi connectivity index (χ0n) is 13.3. The van der Waals surface area contributed by atoms with Crippen LogP contribution in [-0.4, -0.2) is 23.9 Å². The number of amides is 3. The summed E-state index contributed by atoms with van der Waals surface area (Å²) in [5.41, 5.74) is 2.09. The Morgan fingerprint density at radius 2 is 1.92 bits per heavy atom. The maximum Gasteiger partial charge on any atom is 0.328 e. The van der Waals surface area contributed by atoms with Crippen LogP contribution in [0.4, 0.5) is 4.79 Å². The van der Waals surface area contributed by atoms with Gasteiger partial charge < -0.3 is 10.1 Å². The predicted molar refractivity (Wildman–Crippen MR) is 104 cm³/mol. The standard InChI is InChI=1S/C18H14ClIN2O3/c1-22-17(23)15(21-18(22)24)9-12-4-7-16(14(20)8-12)25-10-11-2-5-13(19)6-3-11/h2-9H,10H2,1H3,(H,21,24)/b15-9+. The molecular weight excluding hydrogens is 455 g/mol. The van der Waals surface area contributed by atoms with Gasteiger partial charge in [-0.2, -0.15) is 0 Å². The maximum atomic E-state index is 11.9. The molecule has 1 N–H and O–H groups in total. The Balaban J connectivity index is 1.72. The molecule has 1 heterocycles. The number of carbonyl (C=O) groups excluding carboxylic acids is 2. The number of likely N-dealkylation sites (N-methyl/N-ethyl adjacent to an activating group) is 1. The Morgan fingerprint density at radius 3 is 2.52 bits per heavy atom. The van der Waals surface area contributed by atoms with Crippen LogP contribution in [0.25, 0.3) is 6.08 Å². The second kappa shape index (κ2) is 7.45. The van der Waals surface area contributed by atoms with Gasteiger partial charge in [0.2, 0.25) is 0 Å². The van der Waals surface area contributed by atoms with E-state index in [1.165, 1.54) is 7.05 Å². The number of carbonyl (C=O) groups is 2. The quantitative estimate of drug-likeness (QED) is 0.418. The van der Waals surface area contributed by atoms with Crippen LogP contribution >= 0.6 is 34.2 Å². The van der Waals surface area contributed by atoms with Gasteiger partial charge in [0, 0.05) is 12.1 Å². The summed E-state index contributed by atoms with van der Waals surface area (Å²) in [6, 6.07) is 12.6. The molecule has 0 saturated carbocycles. The zero-order chi connectivity index (χ0) is 18.0. The number of hydrogen-bond acceptors (Lipinski definition) is 3. The normalized spacial score (nSPS) is 15.6. The van der Waals surface area contributed by atoms with E-state index in [9.17, 15) is 9.59 Å². The summed E-state index contributed by atoms with van der Waals surface area (Å²) in [6.45, 7) is 0.437. The van der Waals surface area contributed by atoms with Gasteiger partial charge in [0.25, 0.3) is 5.91 Å². The third-order valence-electron chi connectivity index (χ3n) is 3.66. The van der Waals surface area contributed by atoms with Gasteiger partial charge >= 0.3 is 6.03 Å². The van der Waals surface area contributed by atoms with Crippen molar-refractivity contribution in [1.29, 1.82) is 0 Å². The Hall–Kier alpha value is -2.06. The number of ether oxygens (including phenoxy) is 1. The Labute approximate surface area is 163 Å². The minimum absolute atomic E-state index is 0.262. The van der Waals surface area contributed by atoms with Crippen LogP contribution in [0.5, 0.6) is 5.75 Å². The molecule has 7 heteroatoms. The van der Waals surface area contributed by atoms with Gasteiger partial charge in [0.05, 0.1) is 3.57 Å². The topological polar surface area (TPSA) is 58.6 Å². The van der Waals surface area contributed by atoms with Crippen LogP contribution in [0.15, 0.2) is 48.2 Å². The maximum absolute atomic E-state index is 11.9. The number of urea groups is 1. The number of rotatable bonds is 4. The molecule has 0 bridgehead atoms. The van der Waals surface area contributed by atoms with Crippen LogP contribution in [0, 0.1) is 3.57 Å². The smallest absolute Gasteiger partial charge is 0.328 e. The molecule has 0 atom stereocenters. The van der Waals surface area contributed by atoms with E-state index in [4.69, 9.17) is 16.3 Å². The van der Waals surface area contributed by atoms with Crippen LogP contribution in [0.2, 0.25) is 5.02 Å². The first kappa shape index (κ1) is 17.8. The molecule has 1 aliphatic rings. The first-order valence-corrected chi connectivity index (χ1v) is 8.87. The van der Waals surface area contributed by atoms with Crippen molar-refractivity contribution in [2.45, 2.75) is 6.61 Å². The molecule has 1 aliphatic heterocycles. The molecule has 3 amide bonds. The summed E-state index contributed by atoms with van der Waals surface area (Å²) in [7, 11) is 1.44. The van der Waals surface area contributed by atoms with Crippen LogP contribution in [-0.2, 0) is 11.4 Å². The third-order valence-corrected chi connectivity index (χ3v) is 4.75. The monoisotopic (exact) mass is 468 g/mol. The first-order valence-electron chi connectivity index (χ1n) is 7.41. The van der Waals surface area contributed by atoms with Crippen molar-refractivity contribution in [2.24, 2.45) is 0 Å². The highest BCUT2D eigenvalue weighted by Crippen LogP contribution is 2.25. The van der Waals surface area contributed by atoms with E-state index in [1.54, 1.807) is 6.08 Å². The highest BCUT2D eigenvalue weighted by atomic mass is 127. The number of benzene rings is 2. The molecule has 0 aliphatic carbocycles. The highest BCUT2D eigenvalue weighted by molar-refractivity contribution is 14.1. The largest absolute Gasteiger partial charge is 0.488 e. The molecule has 1 fully saturated rings. The van der Waals surface area contributed by atoms with Crippen LogP contribution in [0.1, 0.15) is 11.1 Å². The Bertz CT molecular complexity index is 865. The summed E-state index contributed by atoms with van der Waals surface area (Å²) in [6.07, 6.45) is 1.65. The summed E-state index contributed by atoms with van der Waals surface area (Å²) < 4.78 is 6.74. The molecule has 25 heavy (non-hydrogen) atoms.